The standard InChI is InChI=1S/C20H30N4O6S/c1-4-23(5-2)17-8-6-15(7-9-17)19(26)22-21-18(25)14-30-20(27)16-10-12-24(13-11-16)31(3,28)29/h6-9,16H,4-5,10-14H2,1-3H3,(H,21,25)(H,22,26). The molecule has 0 unspecified atom stereocenters. The van der Waals surface area contributed by atoms with Gasteiger partial charge in [-0.05, 0) is 51.0 Å². The Bertz CT molecular complexity index is 875. The highest BCUT2D eigenvalue weighted by atomic mass is 32.2. The lowest BCUT2D eigenvalue weighted by Gasteiger charge is -2.28. The summed E-state index contributed by atoms with van der Waals surface area (Å²) in [7, 11) is -3.27. The Balaban J connectivity index is 1.73. The molecule has 2 rings (SSSR count). The second kappa shape index (κ2) is 11.1. The van der Waals surface area contributed by atoms with Gasteiger partial charge >= 0.3 is 5.97 Å². The van der Waals surface area contributed by atoms with Crippen molar-refractivity contribution in [2.45, 2.75) is 26.7 Å². The molecule has 0 aromatic heterocycles. The number of sulfonamides is 1. The molecule has 0 atom stereocenters. The quantitative estimate of drug-likeness (QED) is 0.433. The molecule has 1 aromatic carbocycles. The third kappa shape index (κ3) is 7.21. The number of carbonyl (C=O) groups excluding carboxylic acids is 3. The molecule has 1 aromatic rings. The van der Waals surface area contributed by atoms with Crippen LogP contribution in [0.1, 0.15) is 37.0 Å². The van der Waals surface area contributed by atoms with Crippen LogP contribution >= 0.6 is 0 Å². The first-order valence-corrected chi connectivity index (χ1v) is 12.1. The smallest absolute Gasteiger partial charge is 0.309 e. The molecule has 1 aliphatic heterocycles. The number of rotatable bonds is 8. The molecule has 10 nitrogen and oxygen atoms in total. The van der Waals surface area contributed by atoms with Crippen LogP contribution in [0.5, 0.6) is 0 Å². The highest BCUT2D eigenvalue weighted by Gasteiger charge is 2.30. The summed E-state index contributed by atoms with van der Waals surface area (Å²) in [4.78, 5) is 38.3. The van der Waals surface area contributed by atoms with Crippen LogP contribution in [0.4, 0.5) is 5.69 Å². The maximum Gasteiger partial charge on any atom is 0.309 e. The van der Waals surface area contributed by atoms with Gasteiger partial charge in [0.15, 0.2) is 6.61 Å². The van der Waals surface area contributed by atoms with E-state index in [1.807, 2.05) is 26.0 Å². The molecule has 11 heteroatoms. The molecule has 172 valence electrons. The predicted octanol–water partition coefficient (Wildman–Crippen LogP) is 0.509. The van der Waals surface area contributed by atoms with E-state index in [2.05, 4.69) is 15.8 Å². The van der Waals surface area contributed by atoms with Gasteiger partial charge in [-0.15, -0.1) is 0 Å². The number of hydrogen-bond acceptors (Lipinski definition) is 7. The van der Waals surface area contributed by atoms with Crippen LogP contribution in [-0.2, 0) is 24.3 Å². The Hall–Kier alpha value is -2.66. The Morgan fingerprint density at radius 2 is 1.65 bits per heavy atom. The number of anilines is 1. The minimum Gasteiger partial charge on any atom is -0.455 e. The van der Waals surface area contributed by atoms with Gasteiger partial charge in [-0.2, -0.15) is 0 Å². The van der Waals surface area contributed by atoms with Crippen molar-refractivity contribution in [1.82, 2.24) is 15.2 Å². The van der Waals surface area contributed by atoms with Crippen LogP contribution in [0.15, 0.2) is 24.3 Å². The molecule has 0 spiro atoms. The van der Waals surface area contributed by atoms with Crippen LogP contribution in [0, 0.1) is 5.92 Å². The van der Waals surface area contributed by atoms with Gasteiger partial charge in [-0.3, -0.25) is 25.2 Å². The van der Waals surface area contributed by atoms with E-state index in [4.69, 9.17) is 4.74 Å². The zero-order valence-corrected chi connectivity index (χ0v) is 18.9. The second-order valence-electron chi connectivity index (χ2n) is 7.27. The highest BCUT2D eigenvalue weighted by molar-refractivity contribution is 7.88. The minimum absolute atomic E-state index is 0.244. The molecule has 1 fully saturated rings. The first kappa shape index (κ1) is 24.6. The van der Waals surface area contributed by atoms with E-state index in [9.17, 15) is 22.8 Å². The maximum atomic E-state index is 12.2. The van der Waals surface area contributed by atoms with Crippen molar-refractivity contribution in [2.75, 3.05) is 43.9 Å². The van der Waals surface area contributed by atoms with Crippen molar-refractivity contribution in [3.8, 4) is 0 Å². The Morgan fingerprint density at radius 1 is 1.06 bits per heavy atom. The van der Waals surface area contributed by atoms with E-state index in [1.54, 1.807) is 12.1 Å². The fourth-order valence-corrected chi connectivity index (χ4v) is 4.20. The molecule has 2 N–H and O–H groups in total. The molecular weight excluding hydrogens is 424 g/mol. The lowest BCUT2D eigenvalue weighted by molar-refractivity contribution is -0.153. The zero-order valence-electron chi connectivity index (χ0n) is 18.1. The van der Waals surface area contributed by atoms with Crippen molar-refractivity contribution in [2.24, 2.45) is 5.92 Å². The molecule has 1 aliphatic rings. The summed E-state index contributed by atoms with van der Waals surface area (Å²) in [6.07, 6.45) is 1.81. The molecule has 0 bridgehead atoms. The first-order valence-electron chi connectivity index (χ1n) is 10.2. The van der Waals surface area contributed by atoms with Gasteiger partial charge < -0.3 is 9.64 Å². The third-order valence-corrected chi connectivity index (χ3v) is 6.48. The van der Waals surface area contributed by atoms with E-state index in [0.29, 0.717) is 18.4 Å². The summed E-state index contributed by atoms with van der Waals surface area (Å²) < 4.78 is 29.3. The summed E-state index contributed by atoms with van der Waals surface area (Å²) in [6.45, 7) is 5.76. The predicted molar refractivity (Wildman–Crippen MR) is 116 cm³/mol. The summed E-state index contributed by atoms with van der Waals surface area (Å²) in [5.41, 5.74) is 5.88. The van der Waals surface area contributed by atoms with E-state index in [0.717, 1.165) is 25.0 Å². The lowest BCUT2D eigenvalue weighted by atomic mass is 9.98. The van der Waals surface area contributed by atoms with Crippen molar-refractivity contribution in [3.05, 3.63) is 29.8 Å². The second-order valence-corrected chi connectivity index (χ2v) is 9.25. The van der Waals surface area contributed by atoms with Gasteiger partial charge in [-0.1, -0.05) is 0 Å². The van der Waals surface area contributed by atoms with Gasteiger partial charge in [0, 0.05) is 37.4 Å². The number of carbonyl (C=O) groups is 3. The van der Waals surface area contributed by atoms with Crippen molar-refractivity contribution in [3.63, 3.8) is 0 Å². The van der Waals surface area contributed by atoms with Crippen LogP contribution in [0.3, 0.4) is 0 Å². The lowest BCUT2D eigenvalue weighted by Crippen LogP contribution is -2.44. The Labute approximate surface area is 182 Å². The first-order chi connectivity index (χ1) is 14.7. The van der Waals surface area contributed by atoms with Crippen LogP contribution < -0.4 is 15.8 Å². The monoisotopic (exact) mass is 454 g/mol. The van der Waals surface area contributed by atoms with Crippen molar-refractivity contribution >= 4 is 33.5 Å². The molecule has 31 heavy (non-hydrogen) atoms. The van der Waals surface area contributed by atoms with Gasteiger partial charge in [0.1, 0.15) is 0 Å². The molecule has 2 amide bonds. The topological polar surface area (TPSA) is 125 Å². The number of nitrogens with one attached hydrogen (secondary N) is 2. The summed E-state index contributed by atoms with van der Waals surface area (Å²) >= 11 is 0. The summed E-state index contributed by atoms with van der Waals surface area (Å²) in [5.74, 6) is -2.17. The van der Waals surface area contributed by atoms with E-state index in [-0.39, 0.29) is 13.1 Å². The highest BCUT2D eigenvalue weighted by Crippen LogP contribution is 2.20. The number of hydrazine groups is 1. The number of esters is 1. The van der Waals surface area contributed by atoms with Crippen molar-refractivity contribution in [1.29, 1.82) is 0 Å². The fraction of sp³-hybridized carbons (Fsp3) is 0.550. The largest absolute Gasteiger partial charge is 0.455 e. The maximum absolute atomic E-state index is 12.2. The van der Waals surface area contributed by atoms with Crippen LogP contribution in [0.25, 0.3) is 0 Å². The SMILES string of the molecule is CCN(CC)c1ccc(C(=O)NNC(=O)COC(=O)C2CCN(S(C)(=O)=O)CC2)cc1. The number of ether oxygens (including phenoxy) is 1. The van der Waals surface area contributed by atoms with Gasteiger partial charge in [0.2, 0.25) is 10.0 Å². The Kier molecular flexibility index (Phi) is 8.81. The normalized spacial score (nSPS) is 15.2. The van der Waals surface area contributed by atoms with E-state index < -0.39 is 40.3 Å². The van der Waals surface area contributed by atoms with Crippen LogP contribution in [0.2, 0.25) is 0 Å². The van der Waals surface area contributed by atoms with Gasteiger partial charge in [0.05, 0.1) is 12.2 Å². The molecular formula is C20H30N4O6S. The summed E-state index contributed by atoms with van der Waals surface area (Å²) in [5, 5.41) is 0. The van der Waals surface area contributed by atoms with E-state index >= 15 is 0 Å². The molecule has 0 aliphatic carbocycles. The van der Waals surface area contributed by atoms with Gasteiger partial charge in [0.25, 0.3) is 11.8 Å². The number of benzene rings is 1. The average molecular weight is 455 g/mol. The third-order valence-electron chi connectivity index (χ3n) is 5.18. The number of amides is 2. The van der Waals surface area contributed by atoms with Crippen molar-refractivity contribution < 1.29 is 27.5 Å². The molecule has 1 saturated heterocycles. The molecule has 0 radical (unpaired) electrons. The average Bonchev–Trinajstić information content (AvgIpc) is 2.76. The fourth-order valence-electron chi connectivity index (χ4n) is 3.32. The molecule has 1 heterocycles. The minimum atomic E-state index is -3.27. The Morgan fingerprint density at radius 3 is 2.16 bits per heavy atom. The van der Waals surface area contributed by atoms with Gasteiger partial charge in [-0.25, -0.2) is 12.7 Å². The summed E-state index contributed by atoms with van der Waals surface area (Å²) in [6, 6.07) is 7.00. The number of hydrogen-bond donors (Lipinski definition) is 2. The molecule has 0 saturated carbocycles. The number of nitrogens with zero attached hydrogens (tertiary/aromatic N) is 2. The van der Waals surface area contributed by atoms with Crippen LogP contribution in [-0.4, -0.2) is 69.5 Å². The number of piperidine rings is 1. The zero-order chi connectivity index (χ0) is 23.0. The van der Waals surface area contributed by atoms with E-state index in [1.165, 1.54) is 4.31 Å².